The van der Waals surface area contributed by atoms with Crippen molar-refractivity contribution in [3.8, 4) is 0 Å². The first kappa shape index (κ1) is 8.98. The van der Waals surface area contributed by atoms with Crippen molar-refractivity contribution in [1.82, 2.24) is 9.78 Å². The number of aryl methyl sites for hydroxylation is 2. The summed E-state index contributed by atoms with van der Waals surface area (Å²) >= 11 is 3.25. The molecule has 0 amide bonds. The zero-order valence-electron chi connectivity index (χ0n) is 5.26. The van der Waals surface area contributed by atoms with E-state index in [0.717, 1.165) is 10.3 Å². The van der Waals surface area contributed by atoms with Crippen LogP contribution in [0.4, 0.5) is 0 Å². The number of hydrogen-bond acceptors (Lipinski definition) is 1. The second-order valence-electron chi connectivity index (χ2n) is 1.73. The van der Waals surface area contributed by atoms with Crippen molar-refractivity contribution in [3.63, 3.8) is 0 Å². The lowest BCUT2D eigenvalue weighted by molar-refractivity contribution is 0.734. The van der Waals surface area contributed by atoms with Crippen LogP contribution in [0.15, 0.2) is 10.7 Å². The van der Waals surface area contributed by atoms with Crippen LogP contribution in [-0.4, -0.2) is 9.78 Å². The Labute approximate surface area is 68.8 Å². The molecule has 0 spiro atoms. The Bertz CT molecular complexity index is 177. The molecule has 1 aromatic rings. The molecule has 0 aromatic carbocycles. The van der Waals surface area contributed by atoms with E-state index >= 15 is 0 Å². The minimum atomic E-state index is 0. The fraction of sp³-hybridized carbons (Fsp3) is 0.400. The van der Waals surface area contributed by atoms with E-state index in [1.54, 1.807) is 0 Å². The second kappa shape index (κ2) is 3.22. The van der Waals surface area contributed by atoms with E-state index in [4.69, 9.17) is 0 Å². The van der Waals surface area contributed by atoms with Gasteiger partial charge in [-0.15, -0.1) is 12.4 Å². The van der Waals surface area contributed by atoms with Crippen molar-refractivity contribution in [2.75, 3.05) is 0 Å². The van der Waals surface area contributed by atoms with Crippen LogP contribution in [0.25, 0.3) is 0 Å². The highest BCUT2D eigenvalue weighted by Gasteiger charge is 1.93. The molecule has 0 aliphatic rings. The number of aromatic nitrogens is 2. The molecule has 4 heteroatoms. The molecule has 0 unspecified atom stereocenters. The van der Waals surface area contributed by atoms with Gasteiger partial charge in [-0.3, -0.25) is 4.68 Å². The maximum absolute atomic E-state index is 4.04. The topological polar surface area (TPSA) is 17.8 Å². The van der Waals surface area contributed by atoms with E-state index < -0.39 is 0 Å². The first-order valence-corrected chi connectivity index (χ1v) is 3.15. The standard InChI is InChI=1S/C5H7BrN2.ClH/c1-4-3-5(6)7-8(4)2;/h3H,1-2H3;1H. The molecule has 0 saturated heterocycles. The summed E-state index contributed by atoms with van der Waals surface area (Å²) in [4.78, 5) is 0. The highest BCUT2D eigenvalue weighted by molar-refractivity contribution is 9.10. The zero-order chi connectivity index (χ0) is 6.15. The molecule has 0 aliphatic heterocycles. The Hall–Kier alpha value is -0.0200. The maximum atomic E-state index is 4.04. The molecule has 0 fully saturated rings. The molecular formula is C5H8BrClN2. The Kier molecular flexibility index (Phi) is 3.22. The number of rotatable bonds is 0. The van der Waals surface area contributed by atoms with Crippen LogP contribution in [0.3, 0.4) is 0 Å². The van der Waals surface area contributed by atoms with Crippen LogP contribution in [-0.2, 0) is 7.05 Å². The smallest absolute Gasteiger partial charge is 0.128 e. The highest BCUT2D eigenvalue weighted by Crippen LogP contribution is 2.06. The predicted octanol–water partition coefficient (Wildman–Crippen LogP) is 1.91. The first-order valence-electron chi connectivity index (χ1n) is 2.36. The Morgan fingerprint density at radius 3 is 2.33 bits per heavy atom. The fourth-order valence-corrected chi connectivity index (χ4v) is 1.09. The van der Waals surface area contributed by atoms with E-state index in [0.29, 0.717) is 0 Å². The van der Waals surface area contributed by atoms with Crippen LogP contribution in [0.1, 0.15) is 5.69 Å². The molecule has 2 nitrogen and oxygen atoms in total. The van der Waals surface area contributed by atoms with Gasteiger partial charge >= 0.3 is 0 Å². The average Bonchev–Trinajstić information content (AvgIpc) is 1.85. The normalized spacial score (nSPS) is 8.78. The van der Waals surface area contributed by atoms with Gasteiger partial charge in [-0.25, -0.2) is 0 Å². The summed E-state index contributed by atoms with van der Waals surface area (Å²) in [6.07, 6.45) is 0. The molecule has 0 radical (unpaired) electrons. The molecule has 0 atom stereocenters. The lowest BCUT2D eigenvalue weighted by Crippen LogP contribution is -1.91. The summed E-state index contributed by atoms with van der Waals surface area (Å²) in [5.74, 6) is 0. The summed E-state index contributed by atoms with van der Waals surface area (Å²) in [6.45, 7) is 2.01. The maximum Gasteiger partial charge on any atom is 0.128 e. The van der Waals surface area contributed by atoms with Gasteiger partial charge in [-0.2, -0.15) is 5.10 Å². The Morgan fingerprint density at radius 1 is 1.67 bits per heavy atom. The molecule has 0 saturated carbocycles. The quantitative estimate of drug-likeness (QED) is 0.641. The monoisotopic (exact) mass is 210 g/mol. The first-order chi connectivity index (χ1) is 3.70. The third-order valence-electron chi connectivity index (χ3n) is 1.08. The van der Waals surface area contributed by atoms with Crippen molar-refractivity contribution in [1.29, 1.82) is 0 Å². The van der Waals surface area contributed by atoms with Gasteiger partial charge in [0.05, 0.1) is 0 Å². The number of halogens is 2. The van der Waals surface area contributed by atoms with Gasteiger partial charge in [0.2, 0.25) is 0 Å². The summed E-state index contributed by atoms with van der Waals surface area (Å²) in [5.41, 5.74) is 1.16. The third-order valence-corrected chi connectivity index (χ3v) is 1.47. The van der Waals surface area contributed by atoms with Crippen LogP contribution in [0.2, 0.25) is 0 Å². The second-order valence-corrected chi connectivity index (χ2v) is 2.54. The molecule has 1 rings (SSSR count). The minimum absolute atomic E-state index is 0. The van der Waals surface area contributed by atoms with E-state index in [2.05, 4.69) is 21.0 Å². The van der Waals surface area contributed by atoms with Crippen LogP contribution in [0, 0.1) is 6.92 Å². The summed E-state index contributed by atoms with van der Waals surface area (Å²) in [7, 11) is 1.92. The van der Waals surface area contributed by atoms with Crippen molar-refractivity contribution in [2.45, 2.75) is 6.92 Å². The van der Waals surface area contributed by atoms with Crippen LogP contribution < -0.4 is 0 Å². The van der Waals surface area contributed by atoms with Gasteiger partial charge in [0.25, 0.3) is 0 Å². The fourth-order valence-electron chi connectivity index (χ4n) is 0.517. The summed E-state index contributed by atoms with van der Waals surface area (Å²) in [6, 6.07) is 1.97. The molecular weight excluding hydrogens is 203 g/mol. The molecule has 0 N–H and O–H groups in total. The van der Waals surface area contributed by atoms with E-state index in [1.807, 2.05) is 24.7 Å². The molecule has 9 heavy (non-hydrogen) atoms. The molecule has 1 aromatic heterocycles. The van der Waals surface area contributed by atoms with Gasteiger partial charge in [0.1, 0.15) is 4.60 Å². The lowest BCUT2D eigenvalue weighted by Gasteiger charge is -1.87. The number of hydrogen-bond donors (Lipinski definition) is 0. The molecule has 1 heterocycles. The van der Waals surface area contributed by atoms with E-state index in [9.17, 15) is 0 Å². The number of nitrogens with zero attached hydrogens (tertiary/aromatic N) is 2. The lowest BCUT2D eigenvalue weighted by atomic mass is 10.5. The molecule has 52 valence electrons. The van der Waals surface area contributed by atoms with Gasteiger partial charge in [0.15, 0.2) is 0 Å². The van der Waals surface area contributed by atoms with Crippen molar-refractivity contribution < 1.29 is 0 Å². The van der Waals surface area contributed by atoms with Gasteiger partial charge in [-0.1, -0.05) is 0 Å². The van der Waals surface area contributed by atoms with Gasteiger partial charge < -0.3 is 0 Å². The molecule has 0 bridgehead atoms. The van der Waals surface area contributed by atoms with Crippen LogP contribution >= 0.6 is 28.3 Å². The van der Waals surface area contributed by atoms with Gasteiger partial charge in [-0.05, 0) is 28.9 Å². The average molecular weight is 211 g/mol. The van der Waals surface area contributed by atoms with Crippen LogP contribution in [0.5, 0.6) is 0 Å². The minimum Gasteiger partial charge on any atom is -0.272 e. The summed E-state index contributed by atoms with van der Waals surface area (Å²) < 4.78 is 2.72. The Balaban J connectivity index is 0.000000640. The molecule has 0 aliphatic carbocycles. The largest absolute Gasteiger partial charge is 0.272 e. The van der Waals surface area contributed by atoms with Crippen molar-refractivity contribution in [3.05, 3.63) is 16.4 Å². The zero-order valence-corrected chi connectivity index (χ0v) is 7.66. The van der Waals surface area contributed by atoms with E-state index in [-0.39, 0.29) is 12.4 Å². The SMILES string of the molecule is Cc1cc(Br)nn1C.Cl. The van der Waals surface area contributed by atoms with E-state index in [1.165, 1.54) is 0 Å². The highest BCUT2D eigenvalue weighted by atomic mass is 79.9. The van der Waals surface area contributed by atoms with Gasteiger partial charge in [0, 0.05) is 12.7 Å². The Morgan fingerprint density at radius 2 is 2.22 bits per heavy atom. The van der Waals surface area contributed by atoms with Crippen molar-refractivity contribution in [2.24, 2.45) is 7.05 Å². The summed E-state index contributed by atoms with van der Waals surface area (Å²) in [5, 5.41) is 4.04. The predicted molar refractivity (Wildman–Crippen MR) is 42.9 cm³/mol. The van der Waals surface area contributed by atoms with Crippen molar-refractivity contribution >= 4 is 28.3 Å². The third kappa shape index (κ3) is 1.99.